The Morgan fingerprint density at radius 1 is 0.952 bits per heavy atom. The van der Waals surface area contributed by atoms with Crippen molar-refractivity contribution in [1.82, 2.24) is 4.98 Å². The Bertz CT molecular complexity index is 820. The molecule has 0 unspecified atom stereocenters. The molecule has 1 heterocycles. The highest BCUT2D eigenvalue weighted by Crippen LogP contribution is 2.31. The smallest absolute Gasteiger partial charge is 0.196 e. The van der Waals surface area contributed by atoms with Gasteiger partial charge in [0, 0.05) is 10.9 Å². The lowest BCUT2D eigenvalue weighted by Crippen LogP contribution is -2.09. The van der Waals surface area contributed by atoms with Crippen LogP contribution >= 0.6 is 0 Å². The number of nitrogens with one attached hydrogen (secondary N) is 1. The molecule has 106 valence electrons. The van der Waals surface area contributed by atoms with Gasteiger partial charge in [0.15, 0.2) is 17.5 Å². The summed E-state index contributed by atoms with van der Waals surface area (Å²) in [4.78, 5) is 4.08. The fourth-order valence-corrected chi connectivity index (χ4v) is 2.14. The summed E-state index contributed by atoms with van der Waals surface area (Å²) in [6.07, 6.45) is 0. The minimum Gasteiger partial charge on any atom is -0.323 e. The van der Waals surface area contributed by atoms with E-state index in [0.29, 0.717) is 11.3 Å². The Kier molecular flexibility index (Phi) is 3.23. The van der Waals surface area contributed by atoms with Crippen molar-refractivity contribution < 1.29 is 13.2 Å². The summed E-state index contributed by atoms with van der Waals surface area (Å²) in [5.41, 5.74) is 3.46. The first-order valence-corrected chi connectivity index (χ1v) is 6.12. The summed E-state index contributed by atoms with van der Waals surface area (Å²) >= 11 is 0. The standard InChI is InChI=1S/C15H10F3N3/c16-10-6-9-12(21-19)7-11(8-4-2-1-3-5-8)20-15(9)14(18)13(10)17/h1-7H,19H2,(H,20,21). The maximum atomic E-state index is 13.9. The average Bonchev–Trinajstić information content (AvgIpc) is 2.53. The Morgan fingerprint density at radius 2 is 1.67 bits per heavy atom. The van der Waals surface area contributed by atoms with Crippen LogP contribution in [0.4, 0.5) is 18.9 Å². The number of halogens is 3. The van der Waals surface area contributed by atoms with E-state index in [1.807, 2.05) is 6.07 Å². The molecule has 0 atom stereocenters. The van der Waals surface area contributed by atoms with Gasteiger partial charge < -0.3 is 5.43 Å². The van der Waals surface area contributed by atoms with Gasteiger partial charge >= 0.3 is 0 Å². The second kappa shape index (κ2) is 5.06. The zero-order valence-electron chi connectivity index (χ0n) is 10.7. The van der Waals surface area contributed by atoms with Crippen molar-refractivity contribution in [3.63, 3.8) is 0 Å². The van der Waals surface area contributed by atoms with Crippen LogP contribution in [0.1, 0.15) is 0 Å². The van der Waals surface area contributed by atoms with Crippen molar-refractivity contribution in [3.05, 3.63) is 59.9 Å². The van der Waals surface area contributed by atoms with Crippen LogP contribution in [0.3, 0.4) is 0 Å². The monoisotopic (exact) mass is 289 g/mol. The van der Waals surface area contributed by atoms with Crippen LogP contribution in [0.2, 0.25) is 0 Å². The number of pyridine rings is 1. The van der Waals surface area contributed by atoms with Gasteiger partial charge in [0.2, 0.25) is 0 Å². The first-order chi connectivity index (χ1) is 10.1. The molecule has 1 aromatic heterocycles. The largest absolute Gasteiger partial charge is 0.323 e. The van der Waals surface area contributed by atoms with E-state index >= 15 is 0 Å². The molecule has 0 amide bonds. The van der Waals surface area contributed by atoms with Crippen molar-refractivity contribution in [2.24, 2.45) is 5.84 Å². The van der Waals surface area contributed by atoms with E-state index in [2.05, 4.69) is 10.4 Å². The highest BCUT2D eigenvalue weighted by molar-refractivity contribution is 5.94. The van der Waals surface area contributed by atoms with Crippen LogP contribution in [0.25, 0.3) is 22.2 Å². The second-order valence-electron chi connectivity index (χ2n) is 4.45. The molecular weight excluding hydrogens is 279 g/mol. The van der Waals surface area contributed by atoms with Crippen LogP contribution in [-0.2, 0) is 0 Å². The molecule has 21 heavy (non-hydrogen) atoms. The molecule has 3 aromatic rings. The van der Waals surface area contributed by atoms with Crippen LogP contribution in [0.15, 0.2) is 42.5 Å². The summed E-state index contributed by atoms with van der Waals surface area (Å²) in [6.45, 7) is 0. The Hall–Kier alpha value is -2.60. The lowest BCUT2D eigenvalue weighted by molar-refractivity contribution is 0.452. The third-order valence-electron chi connectivity index (χ3n) is 3.17. The number of rotatable bonds is 2. The molecule has 0 aliphatic rings. The van der Waals surface area contributed by atoms with Crippen LogP contribution in [0.5, 0.6) is 0 Å². The van der Waals surface area contributed by atoms with Gasteiger partial charge in [-0.15, -0.1) is 0 Å². The number of aromatic nitrogens is 1. The fraction of sp³-hybridized carbons (Fsp3) is 0. The zero-order chi connectivity index (χ0) is 15.0. The SMILES string of the molecule is NNc1cc(-c2ccccc2)nc2c(F)c(F)c(F)cc12. The van der Waals surface area contributed by atoms with E-state index in [9.17, 15) is 13.2 Å². The minimum atomic E-state index is -1.55. The van der Waals surface area contributed by atoms with Crippen LogP contribution < -0.4 is 11.3 Å². The van der Waals surface area contributed by atoms with E-state index in [4.69, 9.17) is 5.84 Å². The fourth-order valence-electron chi connectivity index (χ4n) is 2.14. The summed E-state index contributed by atoms with van der Waals surface area (Å²) < 4.78 is 40.7. The number of nitrogens with two attached hydrogens (primary N) is 1. The predicted octanol–water partition coefficient (Wildman–Crippen LogP) is 3.60. The Labute approximate surface area is 118 Å². The van der Waals surface area contributed by atoms with E-state index in [1.54, 1.807) is 30.3 Å². The molecule has 6 heteroatoms. The number of nitrogens with zero attached hydrogens (tertiary/aromatic N) is 1. The quantitative estimate of drug-likeness (QED) is 0.430. The second-order valence-corrected chi connectivity index (χ2v) is 4.45. The third-order valence-corrected chi connectivity index (χ3v) is 3.17. The molecule has 0 aliphatic carbocycles. The lowest BCUT2D eigenvalue weighted by Gasteiger charge is -2.10. The molecule has 0 aliphatic heterocycles. The lowest BCUT2D eigenvalue weighted by atomic mass is 10.1. The molecule has 0 fully saturated rings. The molecule has 0 spiro atoms. The van der Waals surface area contributed by atoms with Crippen LogP contribution in [-0.4, -0.2) is 4.98 Å². The normalized spacial score (nSPS) is 10.9. The maximum Gasteiger partial charge on any atom is 0.196 e. The van der Waals surface area contributed by atoms with Crippen LogP contribution in [0, 0.1) is 17.5 Å². The molecule has 0 saturated heterocycles. The zero-order valence-corrected chi connectivity index (χ0v) is 10.7. The van der Waals surface area contributed by atoms with E-state index in [-0.39, 0.29) is 16.6 Å². The van der Waals surface area contributed by atoms with E-state index < -0.39 is 17.5 Å². The molecule has 3 rings (SSSR count). The summed E-state index contributed by atoms with van der Waals surface area (Å²) in [5.74, 6) is 1.21. The molecule has 2 aromatic carbocycles. The Morgan fingerprint density at radius 3 is 2.33 bits per heavy atom. The molecule has 3 nitrogen and oxygen atoms in total. The summed E-state index contributed by atoms with van der Waals surface area (Å²) in [5, 5.41) is 0.0774. The summed E-state index contributed by atoms with van der Waals surface area (Å²) in [6, 6.07) is 11.4. The van der Waals surface area contributed by atoms with Crippen molar-refractivity contribution in [1.29, 1.82) is 0 Å². The molecule has 0 saturated carbocycles. The van der Waals surface area contributed by atoms with Crippen molar-refractivity contribution >= 4 is 16.6 Å². The van der Waals surface area contributed by atoms with Gasteiger partial charge in [0.05, 0.1) is 11.4 Å². The number of hydrogen-bond acceptors (Lipinski definition) is 3. The predicted molar refractivity (Wildman–Crippen MR) is 74.9 cm³/mol. The van der Waals surface area contributed by atoms with Gasteiger partial charge in [0.1, 0.15) is 5.52 Å². The maximum absolute atomic E-state index is 13.9. The number of anilines is 1. The van der Waals surface area contributed by atoms with Gasteiger partial charge in [-0.2, -0.15) is 0 Å². The molecule has 3 N–H and O–H groups in total. The van der Waals surface area contributed by atoms with Gasteiger partial charge in [0.25, 0.3) is 0 Å². The topological polar surface area (TPSA) is 50.9 Å². The first kappa shape index (κ1) is 13.4. The van der Waals surface area contributed by atoms with E-state index in [1.165, 1.54) is 0 Å². The van der Waals surface area contributed by atoms with Gasteiger partial charge in [-0.25, -0.2) is 18.2 Å². The van der Waals surface area contributed by atoms with Gasteiger partial charge in [-0.1, -0.05) is 30.3 Å². The summed E-state index contributed by atoms with van der Waals surface area (Å²) in [7, 11) is 0. The van der Waals surface area contributed by atoms with Gasteiger partial charge in [-0.05, 0) is 12.1 Å². The van der Waals surface area contributed by atoms with Gasteiger partial charge in [-0.3, -0.25) is 5.84 Å². The minimum absolute atomic E-state index is 0.0774. The van der Waals surface area contributed by atoms with Crippen molar-refractivity contribution in [2.75, 3.05) is 5.43 Å². The molecular formula is C15H10F3N3. The number of hydrogen-bond donors (Lipinski definition) is 2. The van der Waals surface area contributed by atoms with E-state index in [0.717, 1.165) is 6.07 Å². The average molecular weight is 289 g/mol. The van der Waals surface area contributed by atoms with Crippen molar-refractivity contribution in [3.8, 4) is 11.3 Å². The highest BCUT2D eigenvalue weighted by Gasteiger charge is 2.18. The molecule has 0 bridgehead atoms. The number of fused-ring (bicyclic) bond motifs is 1. The van der Waals surface area contributed by atoms with Crippen molar-refractivity contribution in [2.45, 2.75) is 0 Å². The highest BCUT2D eigenvalue weighted by atomic mass is 19.2. The number of hydrazine groups is 1. The number of nitrogen functional groups attached to an aromatic ring is 1. The molecule has 0 radical (unpaired) electrons. The number of benzene rings is 2. The Balaban J connectivity index is 2.36. The first-order valence-electron chi connectivity index (χ1n) is 6.12. The third kappa shape index (κ3) is 2.19.